The van der Waals surface area contributed by atoms with Gasteiger partial charge in [-0.2, -0.15) is 0 Å². The quantitative estimate of drug-likeness (QED) is 0.669. The summed E-state index contributed by atoms with van der Waals surface area (Å²) in [6.45, 7) is 2.92. The van der Waals surface area contributed by atoms with Gasteiger partial charge in [0, 0.05) is 39.7 Å². The smallest absolute Gasteiger partial charge is 0.0472 e. The van der Waals surface area contributed by atoms with Crippen LogP contribution in [0.1, 0.15) is 24.1 Å². The van der Waals surface area contributed by atoms with E-state index in [0.29, 0.717) is 0 Å². The van der Waals surface area contributed by atoms with Gasteiger partial charge in [-0.1, -0.05) is 41.4 Å². The second-order valence-corrected chi connectivity index (χ2v) is 6.03. The Balaban J connectivity index is 1.74. The summed E-state index contributed by atoms with van der Waals surface area (Å²) < 4.78 is 0. The van der Waals surface area contributed by atoms with Crippen LogP contribution >= 0.6 is 23.2 Å². The maximum atomic E-state index is 6.04. The van der Waals surface area contributed by atoms with Crippen molar-refractivity contribution in [2.75, 3.05) is 0 Å². The number of halogens is 2. The molecule has 108 valence electrons. The van der Waals surface area contributed by atoms with E-state index in [1.54, 1.807) is 0 Å². The molecule has 0 aliphatic rings. The summed E-state index contributed by atoms with van der Waals surface area (Å²) >= 11 is 12.0. The van der Waals surface area contributed by atoms with Crippen molar-refractivity contribution in [3.63, 3.8) is 0 Å². The highest BCUT2D eigenvalue weighted by Crippen LogP contribution is 2.23. The number of fused-ring (bicyclic) bond motifs is 1. The molecular weight excluding hydrogens is 303 g/mol. The predicted molar refractivity (Wildman–Crippen MR) is 90.0 cm³/mol. The van der Waals surface area contributed by atoms with E-state index in [9.17, 15) is 0 Å². The Morgan fingerprint density at radius 3 is 2.71 bits per heavy atom. The molecule has 0 fully saturated rings. The molecule has 3 aromatic rings. The first-order chi connectivity index (χ1) is 10.1. The van der Waals surface area contributed by atoms with Crippen LogP contribution in [-0.2, 0) is 6.54 Å². The second kappa shape index (κ2) is 6.10. The van der Waals surface area contributed by atoms with Crippen molar-refractivity contribution in [3.8, 4) is 0 Å². The van der Waals surface area contributed by atoms with Crippen LogP contribution in [-0.4, -0.2) is 4.98 Å². The Morgan fingerprint density at radius 2 is 1.90 bits per heavy atom. The molecule has 0 spiro atoms. The SMILES string of the molecule is C[C@H](NCc1c[nH]c2cc(Cl)ccc12)c1cccc(Cl)c1. The highest BCUT2D eigenvalue weighted by Gasteiger charge is 2.08. The van der Waals surface area contributed by atoms with Crippen LogP contribution in [0, 0.1) is 0 Å². The van der Waals surface area contributed by atoms with Gasteiger partial charge in [-0.05, 0) is 42.3 Å². The lowest BCUT2D eigenvalue weighted by molar-refractivity contribution is 0.576. The molecule has 21 heavy (non-hydrogen) atoms. The highest BCUT2D eigenvalue weighted by molar-refractivity contribution is 6.31. The first-order valence-electron chi connectivity index (χ1n) is 6.88. The van der Waals surface area contributed by atoms with Gasteiger partial charge in [0.2, 0.25) is 0 Å². The van der Waals surface area contributed by atoms with E-state index in [0.717, 1.165) is 22.1 Å². The number of benzene rings is 2. The number of H-pyrrole nitrogens is 1. The number of hydrogen-bond donors (Lipinski definition) is 2. The van der Waals surface area contributed by atoms with Crippen LogP contribution < -0.4 is 5.32 Å². The molecule has 2 N–H and O–H groups in total. The van der Waals surface area contributed by atoms with E-state index in [1.807, 2.05) is 36.5 Å². The summed E-state index contributed by atoms with van der Waals surface area (Å²) in [5.41, 5.74) is 3.48. The predicted octanol–water partition coefficient (Wildman–Crippen LogP) is 5.33. The fourth-order valence-electron chi connectivity index (χ4n) is 2.46. The van der Waals surface area contributed by atoms with E-state index in [-0.39, 0.29) is 6.04 Å². The second-order valence-electron chi connectivity index (χ2n) is 5.16. The van der Waals surface area contributed by atoms with Gasteiger partial charge < -0.3 is 10.3 Å². The zero-order valence-corrected chi connectivity index (χ0v) is 13.2. The van der Waals surface area contributed by atoms with Crippen LogP contribution in [0.15, 0.2) is 48.7 Å². The summed E-state index contributed by atoms with van der Waals surface area (Å²) in [5, 5.41) is 6.24. The molecule has 0 amide bonds. The van der Waals surface area contributed by atoms with E-state index >= 15 is 0 Å². The molecular formula is C17H16Cl2N2. The zero-order valence-electron chi connectivity index (χ0n) is 11.7. The zero-order chi connectivity index (χ0) is 14.8. The van der Waals surface area contributed by atoms with Gasteiger partial charge in [-0.3, -0.25) is 0 Å². The average molecular weight is 319 g/mol. The summed E-state index contributed by atoms with van der Waals surface area (Å²) in [6.07, 6.45) is 2.03. The normalized spacial score (nSPS) is 12.7. The van der Waals surface area contributed by atoms with Gasteiger partial charge in [-0.15, -0.1) is 0 Å². The molecule has 0 aliphatic heterocycles. The number of hydrogen-bond acceptors (Lipinski definition) is 1. The lowest BCUT2D eigenvalue weighted by atomic mass is 10.1. The molecule has 0 saturated heterocycles. The van der Waals surface area contributed by atoms with E-state index in [4.69, 9.17) is 23.2 Å². The summed E-state index contributed by atoms with van der Waals surface area (Å²) in [5.74, 6) is 0. The highest BCUT2D eigenvalue weighted by atomic mass is 35.5. The summed E-state index contributed by atoms with van der Waals surface area (Å²) in [7, 11) is 0. The Kier molecular flexibility index (Phi) is 4.20. The van der Waals surface area contributed by atoms with Gasteiger partial charge in [-0.25, -0.2) is 0 Å². The first kappa shape index (κ1) is 14.5. The van der Waals surface area contributed by atoms with Crippen molar-refractivity contribution in [1.29, 1.82) is 0 Å². The fraction of sp³-hybridized carbons (Fsp3) is 0.176. The van der Waals surface area contributed by atoms with E-state index < -0.39 is 0 Å². The standard InChI is InChI=1S/C17H16Cl2N2/c1-11(12-3-2-4-14(18)7-12)20-9-13-10-21-17-8-15(19)5-6-16(13)17/h2-8,10-11,20-21H,9H2,1H3/t11-/m0/s1. The topological polar surface area (TPSA) is 27.8 Å². The third-order valence-electron chi connectivity index (χ3n) is 3.68. The van der Waals surface area contributed by atoms with Gasteiger partial charge in [0.05, 0.1) is 0 Å². The third kappa shape index (κ3) is 3.24. The maximum Gasteiger partial charge on any atom is 0.0472 e. The van der Waals surface area contributed by atoms with Crippen LogP contribution in [0.3, 0.4) is 0 Å². The molecule has 4 heteroatoms. The third-order valence-corrected chi connectivity index (χ3v) is 4.15. The number of aromatic nitrogens is 1. The van der Waals surface area contributed by atoms with Crippen molar-refractivity contribution in [2.24, 2.45) is 0 Å². The minimum absolute atomic E-state index is 0.237. The summed E-state index contributed by atoms with van der Waals surface area (Å²) in [6, 6.07) is 14.1. The van der Waals surface area contributed by atoms with E-state index in [2.05, 4.69) is 29.4 Å². The minimum Gasteiger partial charge on any atom is -0.361 e. The Bertz CT molecular complexity index is 764. The van der Waals surface area contributed by atoms with Gasteiger partial charge in [0.1, 0.15) is 0 Å². The average Bonchev–Trinajstić information content (AvgIpc) is 2.87. The van der Waals surface area contributed by atoms with Gasteiger partial charge in [0.15, 0.2) is 0 Å². The monoisotopic (exact) mass is 318 g/mol. The summed E-state index contributed by atoms with van der Waals surface area (Å²) in [4.78, 5) is 3.26. The van der Waals surface area contributed by atoms with Crippen molar-refractivity contribution >= 4 is 34.1 Å². The van der Waals surface area contributed by atoms with Crippen LogP contribution in [0.5, 0.6) is 0 Å². The maximum absolute atomic E-state index is 6.04. The molecule has 1 atom stereocenters. The molecule has 1 heterocycles. The molecule has 0 unspecified atom stereocenters. The molecule has 0 bridgehead atoms. The molecule has 0 saturated carbocycles. The van der Waals surface area contributed by atoms with Gasteiger partial charge >= 0.3 is 0 Å². The van der Waals surface area contributed by atoms with Gasteiger partial charge in [0.25, 0.3) is 0 Å². The van der Waals surface area contributed by atoms with Crippen LogP contribution in [0.25, 0.3) is 10.9 Å². The minimum atomic E-state index is 0.237. The molecule has 2 aromatic carbocycles. The largest absolute Gasteiger partial charge is 0.361 e. The Hall–Kier alpha value is -1.48. The van der Waals surface area contributed by atoms with Crippen molar-refractivity contribution in [3.05, 3.63) is 69.8 Å². The molecule has 2 nitrogen and oxygen atoms in total. The Morgan fingerprint density at radius 1 is 1.10 bits per heavy atom. The van der Waals surface area contributed by atoms with Crippen molar-refractivity contribution < 1.29 is 0 Å². The molecule has 3 rings (SSSR count). The molecule has 0 aliphatic carbocycles. The molecule has 0 radical (unpaired) electrons. The fourth-order valence-corrected chi connectivity index (χ4v) is 2.83. The lowest BCUT2D eigenvalue weighted by Crippen LogP contribution is -2.17. The molecule has 1 aromatic heterocycles. The first-order valence-corrected chi connectivity index (χ1v) is 7.63. The van der Waals surface area contributed by atoms with Crippen LogP contribution in [0.4, 0.5) is 0 Å². The Labute approximate surface area is 134 Å². The van der Waals surface area contributed by atoms with Crippen molar-refractivity contribution in [2.45, 2.75) is 19.5 Å². The van der Waals surface area contributed by atoms with Crippen LogP contribution in [0.2, 0.25) is 10.0 Å². The van der Waals surface area contributed by atoms with E-state index in [1.165, 1.54) is 16.5 Å². The number of nitrogens with one attached hydrogen (secondary N) is 2. The number of rotatable bonds is 4. The lowest BCUT2D eigenvalue weighted by Gasteiger charge is -2.14. The van der Waals surface area contributed by atoms with Crippen molar-refractivity contribution in [1.82, 2.24) is 10.3 Å². The number of aromatic amines is 1.